The number of nitrogens with zero attached hydrogens (tertiary/aromatic N) is 6. The van der Waals surface area contributed by atoms with Crippen molar-refractivity contribution in [3.63, 3.8) is 0 Å². The second kappa shape index (κ2) is 8.89. The number of hydrogen-bond donors (Lipinski definition) is 0. The maximum atomic E-state index is 10.8. The summed E-state index contributed by atoms with van der Waals surface area (Å²) >= 11 is 7.51. The Bertz CT molecular complexity index is 989. The summed E-state index contributed by atoms with van der Waals surface area (Å²) in [5.74, 6) is 1.53. The molecule has 0 aliphatic carbocycles. The van der Waals surface area contributed by atoms with Crippen LogP contribution in [0, 0.1) is 10.1 Å². The molecule has 146 valence electrons. The zero-order valence-corrected chi connectivity index (χ0v) is 16.5. The van der Waals surface area contributed by atoms with E-state index < -0.39 is 11.0 Å². The smallest absolute Gasteiger partial charge is 0.307 e. The zero-order valence-electron chi connectivity index (χ0n) is 14.9. The molecule has 2 heterocycles. The van der Waals surface area contributed by atoms with Crippen molar-refractivity contribution in [2.75, 3.05) is 0 Å². The zero-order chi connectivity index (χ0) is 20.1. The monoisotopic (exact) mass is 420 g/mol. The van der Waals surface area contributed by atoms with Gasteiger partial charge in [-0.25, -0.2) is 0 Å². The van der Waals surface area contributed by atoms with Gasteiger partial charge in [0.25, 0.3) is 0 Å². The fourth-order valence-corrected chi connectivity index (χ4v) is 3.42. The summed E-state index contributed by atoms with van der Waals surface area (Å²) in [6.07, 6.45) is 3.91. The number of ether oxygens (including phenoxy) is 1. The highest BCUT2D eigenvalue weighted by Gasteiger charge is 2.20. The van der Waals surface area contributed by atoms with E-state index in [1.54, 1.807) is 18.2 Å². The number of nitro groups is 1. The molecule has 1 aromatic carbocycles. The topological polar surface area (TPSA) is 101 Å². The Labute approximate surface area is 170 Å². The Hall–Kier alpha value is -2.85. The number of allylic oxidation sites excluding steroid dienone is 1. The molecule has 0 amide bonds. The Kier molecular flexibility index (Phi) is 6.32. The maximum Gasteiger partial charge on any atom is 0.307 e. The number of hydrogen-bond acceptors (Lipinski definition) is 7. The molecule has 1 atom stereocenters. The molecule has 0 saturated heterocycles. The van der Waals surface area contributed by atoms with Crippen molar-refractivity contribution in [2.24, 2.45) is 0 Å². The summed E-state index contributed by atoms with van der Waals surface area (Å²) in [4.78, 5) is 10.3. The minimum absolute atomic E-state index is 0.0596. The predicted octanol–water partition coefficient (Wildman–Crippen LogP) is 4.11. The van der Waals surface area contributed by atoms with E-state index in [0.717, 1.165) is 0 Å². The van der Waals surface area contributed by atoms with Crippen LogP contribution in [-0.4, -0.2) is 29.5 Å². The van der Waals surface area contributed by atoms with Crippen LogP contribution in [0.5, 0.6) is 5.75 Å². The summed E-state index contributed by atoms with van der Waals surface area (Å²) in [7, 11) is 0. The van der Waals surface area contributed by atoms with Gasteiger partial charge in [0.15, 0.2) is 17.1 Å². The lowest BCUT2D eigenvalue weighted by Gasteiger charge is -2.16. The van der Waals surface area contributed by atoms with Crippen molar-refractivity contribution in [3.8, 4) is 5.75 Å². The van der Waals surface area contributed by atoms with Gasteiger partial charge >= 0.3 is 5.69 Å². The summed E-state index contributed by atoms with van der Waals surface area (Å²) < 4.78 is 9.28. The number of aromatic nitrogens is 5. The summed E-state index contributed by atoms with van der Waals surface area (Å²) in [5, 5.41) is 24.3. The first-order valence-electron chi connectivity index (χ1n) is 8.24. The lowest BCUT2D eigenvalue weighted by Crippen LogP contribution is -2.12. The molecule has 1 unspecified atom stereocenters. The second-order valence-corrected chi connectivity index (χ2v) is 7.02. The molecule has 9 nitrogen and oxygen atoms in total. The quantitative estimate of drug-likeness (QED) is 0.222. The van der Waals surface area contributed by atoms with E-state index in [9.17, 15) is 10.1 Å². The van der Waals surface area contributed by atoms with E-state index in [-0.39, 0.29) is 5.69 Å². The lowest BCUT2D eigenvalue weighted by molar-refractivity contribution is -0.385. The molecule has 28 heavy (non-hydrogen) atoms. The van der Waals surface area contributed by atoms with Crippen LogP contribution in [0.4, 0.5) is 5.69 Å². The van der Waals surface area contributed by atoms with Gasteiger partial charge in [0.2, 0.25) is 0 Å². The van der Waals surface area contributed by atoms with Gasteiger partial charge < -0.3 is 4.74 Å². The van der Waals surface area contributed by atoms with Crippen molar-refractivity contribution in [1.29, 1.82) is 0 Å². The Morgan fingerprint density at radius 3 is 2.89 bits per heavy atom. The highest BCUT2D eigenvalue weighted by molar-refractivity contribution is 7.98. The minimum atomic E-state index is -0.486. The Balaban J connectivity index is 1.75. The molecule has 0 bridgehead atoms. The molecule has 11 heteroatoms. The van der Waals surface area contributed by atoms with E-state index in [1.807, 2.05) is 23.6 Å². The standard InChI is InChI=1S/C17H17ClN6O3S/c1-3-8-23-16(12(2)27-15-7-5-4-6-14(15)18)20-21-17(23)28-11-22-10-13(9-19-22)24(25)26/h3-7,9-10,12H,1,8,11H2,2H3. The van der Waals surface area contributed by atoms with Crippen LogP contribution in [0.15, 0.2) is 54.5 Å². The molecule has 0 aliphatic heterocycles. The maximum absolute atomic E-state index is 10.8. The van der Waals surface area contributed by atoms with Crippen LogP contribution in [0.2, 0.25) is 5.02 Å². The Morgan fingerprint density at radius 2 is 2.21 bits per heavy atom. The fraction of sp³-hybridized carbons (Fsp3) is 0.235. The molecule has 0 fully saturated rings. The van der Waals surface area contributed by atoms with Crippen molar-refractivity contribution in [1.82, 2.24) is 24.5 Å². The molecule has 2 aromatic heterocycles. The van der Waals surface area contributed by atoms with Crippen LogP contribution in [0.25, 0.3) is 0 Å². The first-order chi connectivity index (χ1) is 13.5. The summed E-state index contributed by atoms with van der Waals surface area (Å²) in [5.41, 5.74) is -0.0596. The first-order valence-corrected chi connectivity index (χ1v) is 9.60. The average Bonchev–Trinajstić information content (AvgIpc) is 3.29. The Morgan fingerprint density at radius 1 is 1.43 bits per heavy atom. The van der Waals surface area contributed by atoms with Gasteiger partial charge in [0, 0.05) is 6.54 Å². The normalized spacial score (nSPS) is 11.9. The number of benzene rings is 1. The third-order valence-corrected chi connectivity index (χ3v) is 4.98. The summed E-state index contributed by atoms with van der Waals surface area (Å²) in [6, 6.07) is 7.21. The average molecular weight is 421 g/mol. The van der Waals surface area contributed by atoms with Gasteiger partial charge in [-0.1, -0.05) is 41.6 Å². The van der Waals surface area contributed by atoms with Crippen LogP contribution in [0.1, 0.15) is 18.9 Å². The summed E-state index contributed by atoms with van der Waals surface area (Å²) in [6.45, 7) is 6.12. The van der Waals surface area contributed by atoms with Crippen LogP contribution >= 0.6 is 23.4 Å². The SMILES string of the molecule is C=CCn1c(SCn2cc([N+](=O)[O-])cn2)nnc1C(C)Oc1ccccc1Cl. The van der Waals surface area contributed by atoms with Crippen LogP contribution in [0.3, 0.4) is 0 Å². The van der Waals surface area contributed by atoms with Crippen molar-refractivity contribution >= 4 is 29.1 Å². The van der Waals surface area contributed by atoms with E-state index in [0.29, 0.717) is 34.2 Å². The molecule has 0 spiro atoms. The molecule has 3 aromatic rings. The molecule has 0 N–H and O–H groups in total. The van der Waals surface area contributed by atoms with Crippen LogP contribution in [-0.2, 0) is 12.4 Å². The van der Waals surface area contributed by atoms with Crippen molar-refractivity contribution in [3.05, 3.63) is 70.3 Å². The van der Waals surface area contributed by atoms with Gasteiger partial charge in [0.1, 0.15) is 18.1 Å². The molecule has 3 rings (SSSR count). The van der Waals surface area contributed by atoms with E-state index in [1.165, 1.54) is 28.8 Å². The van der Waals surface area contributed by atoms with Gasteiger partial charge in [-0.2, -0.15) is 5.10 Å². The van der Waals surface area contributed by atoms with Crippen molar-refractivity contribution in [2.45, 2.75) is 30.6 Å². The van der Waals surface area contributed by atoms with E-state index in [2.05, 4.69) is 21.9 Å². The largest absolute Gasteiger partial charge is 0.481 e. The van der Waals surface area contributed by atoms with Gasteiger partial charge in [-0.15, -0.1) is 16.8 Å². The van der Waals surface area contributed by atoms with Crippen LogP contribution < -0.4 is 4.74 Å². The number of halogens is 1. The number of thioether (sulfide) groups is 1. The molecular formula is C17H17ClN6O3S. The minimum Gasteiger partial charge on any atom is -0.481 e. The van der Waals surface area contributed by atoms with E-state index >= 15 is 0 Å². The third-order valence-electron chi connectivity index (χ3n) is 3.72. The van der Waals surface area contributed by atoms with E-state index in [4.69, 9.17) is 16.3 Å². The molecule has 0 radical (unpaired) electrons. The van der Waals surface area contributed by atoms with Crippen molar-refractivity contribution < 1.29 is 9.66 Å². The molecular weight excluding hydrogens is 404 g/mol. The predicted molar refractivity (Wildman–Crippen MR) is 105 cm³/mol. The second-order valence-electron chi connectivity index (χ2n) is 5.70. The number of para-hydroxylation sites is 1. The van der Waals surface area contributed by atoms with Gasteiger partial charge in [-0.3, -0.25) is 19.4 Å². The number of rotatable bonds is 9. The first kappa shape index (κ1) is 19.9. The molecule has 0 aliphatic rings. The highest BCUT2D eigenvalue weighted by Crippen LogP contribution is 2.29. The third kappa shape index (κ3) is 4.52. The van der Waals surface area contributed by atoms with Gasteiger partial charge in [-0.05, 0) is 19.1 Å². The fourth-order valence-electron chi connectivity index (χ4n) is 2.43. The highest BCUT2D eigenvalue weighted by atomic mass is 35.5. The lowest BCUT2D eigenvalue weighted by atomic mass is 10.3. The van der Waals surface area contributed by atoms with Gasteiger partial charge in [0.05, 0.1) is 15.8 Å². The molecule has 0 saturated carbocycles.